The summed E-state index contributed by atoms with van der Waals surface area (Å²) in [6.45, 7) is 9.81. The fourth-order valence-electron chi connectivity index (χ4n) is 2.20. The van der Waals surface area contributed by atoms with E-state index in [0.717, 1.165) is 26.2 Å². The van der Waals surface area contributed by atoms with Crippen molar-refractivity contribution in [3.05, 3.63) is 0 Å². The van der Waals surface area contributed by atoms with E-state index in [1.54, 1.807) is 0 Å². The van der Waals surface area contributed by atoms with Crippen molar-refractivity contribution in [2.75, 3.05) is 60.0 Å². The fraction of sp³-hybridized carbons (Fsp3) is 1.00. The predicted molar refractivity (Wildman–Crippen MR) is 72.5 cm³/mol. The summed E-state index contributed by atoms with van der Waals surface area (Å²) in [4.78, 5) is 4.75. The van der Waals surface area contributed by atoms with Crippen LogP contribution in [0.15, 0.2) is 0 Å². The molecule has 1 fully saturated rings. The summed E-state index contributed by atoms with van der Waals surface area (Å²) in [5.74, 6) is 0. The van der Waals surface area contributed by atoms with E-state index < -0.39 is 0 Å². The van der Waals surface area contributed by atoms with E-state index >= 15 is 0 Å². The van der Waals surface area contributed by atoms with E-state index in [0.29, 0.717) is 6.10 Å². The van der Waals surface area contributed by atoms with Gasteiger partial charge in [0, 0.05) is 45.9 Å². The molecular formula is C13H29N3O. The Balaban J connectivity index is 1.95. The number of hydrogen-bond donors (Lipinski definition) is 1. The van der Waals surface area contributed by atoms with E-state index in [-0.39, 0.29) is 0 Å². The molecule has 0 amide bonds. The topological polar surface area (TPSA) is 27.7 Å². The maximum Gasteiger partial charge on any atom is 0.0599 e. The molecule has 1 aliphatic rings. The number of ether oxygens (including phenoxy) is 1. The monoisotopic (exact) mass is 243 g/mol. The van der Waals surface area contributed by atoms with E-state index in [1.165, 1.54) is 32.5 Å². The van der Waals surface area contributed by atoms with E-state index in [1.807, 2.05) is 0 Å². The molecule has 0 aromatic heterocycles. The van der Waals surface area contributed by atoms with Crippen LogP contribution in [0.25, 0.3) is 0 Å². The van der Waals surface area contributed by atoms with Crippen LogP contribution in [0, 0.1) is 0 Å². The van der Waals surface area contributed by atoms with Crippen molar-refractivity contribution in [3.63, 3.8) is 0 Å². The third-order valence-corrected chi connectivity index (χ3v) is 3.28. The van der Waals surface area contributed by atoms with Gasteiger partial charge in [-0.2, -0.15) is 0 Å². The number of nitrogens with one attached hydrogen (secondary N) is 1. The molecule has 0 bridgehead atoms. The zero-order valence-electron chi connectivity index (χ0n) is 11.7. The van der Waals surface area contributed by atoms with Crippen LogP contribution < -0.4 is 5.32 Å². The first-order valence-corrected chi connectivity index (χ1v) is 6.91. The Kier molecular flexibility index (Phi) is 7.77. The summed E-state index contributed by atoms with van der Waals surface area (Å²) in [6, 6.07) is 0. The van der Waals surface area contributed by atoms with Crippen molar-refractivity contribution in [1.82, 2.24) is 15.1 Å². The third-order valence-electron chi connectivity index (χ3n) is 3.28. The Morgan fingerprint density at radius 1 is 1.24 bits per heavy atom. The molecule has 0 aromatic carbocycles. The summed E-state index contributed by atoms with van der Waals surface area (Å²) < 4.78 is 5.65. The lowest BCUT2D eigenvalue weighted by Gasteiger charge is -2.31. The Bertz CT molecular complexity index is 180. The average molecular weight is 243 g/mol. The van der Waals surface area contributed by atoms with Gasteiger partial charge in [-0.25, -0.2) is 0 Å². The molecule has 0 aromatic rings. The number of likely N-dealkylation sites (N-methyl/N-ethyl adjacent to an activating group) is 1. The highest BCUT2D eigenvalue weighted by Gasteiger charge is 2.18. The normalized spacial score (nSPS) is 19.1. The van der Waals surface area contributed by atoms with Crippen molar-refractivity contribution >= 4 is 0 Å². The number of hydrogen-bond acceptors (Lipinski definition) is 4. The molecule has 0 atom stereocenters. The highest BCUT2D eigenvalue weighted by Crippen LogP contribution is 2.12. The van der Waals surface area contributed by atoms with Gasteiger partial charge in [-0.3, -0.25) is 0 Å². The molecule has 0 radical (unpaired) electrons. The third kappa shape index (κ3) is 6.99. The van der Waals surface area contributed by atoms with Crippen molar-refractivity contribution < 1.29 is 4.74 Å². The van der Waals surface area contributed by atoms with Crippen LogP contribution in [0.1, 0.15) is 19.8 Å². The molecule has 1 heterocycles. The first-order chi connectivity index (χ1) is 8.22. The smallest absolute Gasteiger partial charge is 0.0599 e. The Morgan fingerprint density at radius 3 is 2.53 bits per heavy atom. The minimum Gasteiger partial charge on any atom is -0.378 e. The summed E-state index contributed by atoms with van der Waals surface area (Å²) >= 11 is 0. The Morgan fingerprint density at radius 2 is 1.94 bits per heavy atom. The molecular weight excluding hydrogens is 214 g/mol. The van der Waals surface area contributed by atoms with Gasteiger partial charge in [-0.15, -0.1) is 0 Å². The van der Waals surface area contributed by atoms with Crippen LogP contribution in [-0.2, 0) is 4.74 Å². The van der Waals surface area contributed by atoms with Crippen LogP contribution in [0.5, 0.6) is 0 Å². The van der Waals surface area contributed by atoms with Gasteiger partial charge in [0.15, 0.2) is 0 Å². The molecule has 4 heteroatoms. The van der Waals surface area contributed by atoms with Gasteiger partial charge in [0.05, 0.1) is 6.10 Å². The summed E-state index contributed by atoms with van der Waals surface area (Å²) in [5, 5.41) is 3.49. The van der Waals surface area contributed by atoms with Crippen LogP contribution >= 0.6 is 0 Å². The highest BCUT2D eigenvalue weighted by atomic mass is 16.5. The van der Waals surface area contributed by atoms with Crippen molar-refractivity contribution in [1.29, 1.82) is 0 Å². The van der Waals surface area contributed by atoms with Crippen LogP contribution in [0.3, 0.4) is 0 Å². The van der Waals surface area contributed by atoms with Crippen molar-refractivity contribution in [2.45, 2.75) is 25.9 Å². The number of piperidine rings is 1. The van der Waals surface area contributed by atoms with Crippen LogP contribution in [0.4, 0.5) is 0 Å². The fourth-order valence-corrected chi connectivity index (χ4v) is 2.20. The first kappa shape index (κ1) is 14.9. The minimum atomic E-state index is 0.512. The van der Waals surface area contributed by atoms with Gasteiger partial charge in [0.25, 0.3) is 0 Å². The molecule has 1 aliphatic heterocycles. The molecule has 0 spiro atoms. The second-order valence-corrected chi connectivity index (χ2v) is 5.05. The molecule has 1 rings (SSSR count). The lowest BCUT2D eigenvalue weighted by atomic mass is 10.1. The SMILES string of the molecule is CCOC1CCN(CCNCCN(C)C)CC1. The molecule has 1 N–H and O–H groups in total. The highest BCUT2D eigenvalue weighted by molar-refractivity contribution is 4.72. The molecule has 17 heavy (non-hydrogen) atoms. The maximum absolute atomic E-state index is 5.65. The van der Waals surface area contributed by atoms with Crippen molar-refractivity contribution in [2.24, 2.45) is 0 Å². The molecule has 102 valence electrons. The van der Waals surface area contributed by atoms with Gasteiger partial charge < -0.3 is 19.9 Å². The molecule has 0 unspecified atom stereocenters. The summed E-state index contributed by atoms with van der Waals surface area (Å²) in [6.07, 6.45) is 2.91. The van der Waals surface area contributed by atoms with Gasteiger partial charge in [-0.05, 0) is 33.9 Å². The number of rotatable bonds is 8. The van der Waals surface area contributed by atoms with Gasteiger partial charge in [0.1, 0.15) is 0 Å². The average Bonchev–Trinajstić information content (AvgIpc) is 2.31. The van der Waals surface area contributed by atoms with Gasteiger partial charge in [-0.1, -0.05) is 0 Å². The summed E-state index contributed by atoms with van der Waals surface area (Å²) in [5.41, 5.74) is 0. The Hall–Kier alpha value is -0.160. The van der Waals surface area contributed by atoms with E-state index in [4.69, 9.17) is 4.74 Å². The first-order valence-electron chi connectivity index (χ1n) is 6.91. The lowest BCUT2D eigenvalue weighted by Crippen LogP contribution is -2.41. The molecule has 4 nitrogen and oxygen atoms in total. The van der Waals surface area contributed by atoms with E-state index in [9.17, 15) is 0 Å². The van der Waals surface area contributed by atoms with Crippen LogP contribution in [0.2, 0.25) is 0 Å². The largest absolute Gasteiger partial charge is 0.378 e. The molecule has 1 saturated heterocycles. The minimum absolute atomic E-state index is 0.512. The zero-order valence-corrected chi connectivity index (χ0v) is 11.7. The zero-order chi connectivity index (χ0) is 12.5. The van der Waals surface area contributed by atoms with Gasteiger partial charge in [0.2, 0.25) is 0 Å². The molecule has 0 saturated carbocycles. The van der Waals surface area contributed by atoms with Crippen molar-refractivity contribution in [3.8, 4) is 0 Å². The Labute approximate surface area is 106 Å². The standard InChI is InChI=1S/C13H29N3O/c1-4-17-13-5-9-16(10-6-13)12-8-14-7-11-15(2)3/h13-14H,4-12H2,1-3H3. The number of nitrogens with zero attached hydrogens (tertiary/aromatic N) is 2. The number of likely N-dealkylation sites (tertiary alicyclic amines) is 1. The summed E-state index contributed by atoms with van der Waals surface area (Å²) in [7, 11) is 4.22. The second-order valence-electron chi connectivity index (χ2n) is 5.05. The van der Waals surface area contributed by atoms with Crippen LogP contribution in [-0.4, -0.2) is 75.9 Å². The lowest BCUT2D eigenvalue weighted by molar-refractivity contribution is 0.0145. The molecule has 0 aliphatic carbocycles. The predicted octanol–water partition coefficient (Wildman–Crippen LogP) is 0.639. The van der Waals surface area contributed by atoms with E-state index in [2.05, 4.69) is 36.1 Å². The second kappa shape index (κ2) is 8.86. The maximum atomic E-state index is 5.65. The quantitative estimate of drug-likeness (QED) is 0.633. The van der Waals surface area contributed by atoms with Gasteiger partial charge >= 0.3 is 0 Å².